The van der Waals surface area contributed by atoms with Crippen molar-refractivity contribution in [2.75, 3.05) is 18.8 Å². The van der Waals surface area contributed by atoms with Crippen LogP contribution in [0.25, 0.3) is 0 Å². The molecule has 0 saturated carbocycles. The summed E-state index contributed by atoms with van der Waals surface area (Å²) in [5, 5.41) is 13.1. The number of hydrogen-bond donors (Lipinski definition) is 4. The van der Waals surface area contributed by atoms with Gasteiger partial charge in [0.25, 0.3) is 5.56 Å². The lowest BCUT2D eigenvalue weighted by atomic mass is 10.3. The number of rotatable bonds is 2. The molecule has 5 N–H and O–H groups in total. The van der Waals surface area contributed by atoms with Crippen molar-refractivity contribution >= 4 is 17.6 Å². The Morgan fingerprint density at radius 3 is 3.00 bits per heavy atom. The Hall–Kier alpha value is -1.05. The normalized spacial score (nSPS) is 25.7. The van der Waals surface area contributed by atoms with Gasteiger partial charge in [0, 0.05) is 19.2 Å². The van der Waals surface area contributed by atoms with Crippen LogP contribution in [0.4, 0.5) is 5.82 Å². The average Bonchev–Trinajstić information content (AvgIpc) is 2.50. The van der Waals surface area contributed by atoms with E-state index in [1.165, 1.54) is 17.8 Å². The maximum atomic E-state index is 11.1. The van der Waals surface area contributed by atoms with Crippen LogP contribution in [0.15, 0.2) is 16.0 Å². The van der Waals surface area contributed by atoms with Crippen LogP contribution in [0.3, 0.4) is 0 Å². The summed E-state index contributed by atoms with van der Waals surface area (Å²) in [7, 11) is 0. The Kier molecular flexibility index (Phi) is 2.94. The summed E-state index contributed by atoms with van der Waals surface area (Å²) in [6.45, 7) is 1.27. The first kappa shape index (κ1) is 10.5. The Labute approximate surface area is 90.3 Å². The standard InChI is InChI=1S/C8H12N4O2S/c9-6-1-7(14)12-8(11-6)15-5-3-10-2-4(5)13/h1,4-5,10,13H,2-3H2,(H3,9,11,12,14). The molecule has 1 aliphatic heterocycles. The third-order valence-electron chi connectivity index (χ3n) is 2.13. The van der Waals surface area contributed by atoms with Crippen LogP contribution in [0.1, 0.15) is 0 Å². The molecule has 2 heterocycles. The molecule has 0 aliphatic carbocycles. The molecular formula is C8H12N4O2S. The molecule has 0 amide bonds. The van der Waals surface area contributed by atoms with Crippen LogP contribution in [0.2, 0.25) is 0 Å². The molecule has 82 valence electrons. The fraction of sp³-hybridized carbons (Fsp3) is 0.500. The number of thioether (sulfide) groups is 1. The second-order valence-electron chi connectivity index (χ2n) is 3.36. The molecule has 6 nitrogen and oxygen atoms in total. The van der Waals surface area contributed by atoms with E-state index in [0.29, 0.717) is 18.2 Å². The molecule has 0 aromatic carbocycles. The minimum atomic E-state index is -0.415. The molecule has 1 fully saturated rings. The summed E-state index contributed by atoms with van der Waals surface area (Å²) in [5.74, 6) is 0.196. The highest BCUT2D eigenvalue weighted by molar-refractivity contribution is 7.99. The van der Waals surface area contributed by atoms with Gasteiger partial charge in [-0.1, -0.05) is 11.8 Å². The molecule has 1 aromatic heterocycles. The third-order valence-corrected chi connectivity index (χ3v) is 3.33. The summed E-state index contributed by atoms with van der Waals surface area (Å²) in [4.78, 5) is 17.7. The smallest absolute Gasteiger partial charge is 0.253 e. The molecule has 2 atom stereocenters. The molecule has 0 bridgehead atoms. The van der Waals surface area contributed by atoms with E-state index in [-0.39, 0.29) is 16.6 Å². The van der Waals surface area contributed by atoms with Crippen molar-refractivity contribution in [2.45, 2.75) is 16.5 Å². The zero-order chi connectivity index (χ0) is 10.8. The van der Waals surface area contributed by atoms with Gasteiger partial charge in [-0.15, -0.1) is 0 Å². The van der Waals surface area contributed by atoms with Crippen LogP contribution in [0, 0.1) is 0 Å². The Morgan fingerprint density at radius 1 is 1.60 bits per heavy atom. The number of nitrogen functional groups attached to an aromatic ring is 1. The molecule has 15 heavy (non-hydrogen) atoms. The zero-order valence-corrected chi connectivity index (χ0v) is 8.75. The minimum Gasteiger partial charge on any atom is -0.391 e. The van der Waals surface area contributed by atoms with Crippen molar-refractivity contribution in [2.24, 2.45) is 0 Å². The van der Waals surface area contributed by atoms with Crippen LogP contribution in [0.5, 0.6) is 0 Å². The molecule has 1 aliphatic rings. The lowest BCUT2D eigenvalue weighted by Gasteiger charge is -2.11. The monoisotopic (exact) mass is 228 g/mol. The molecule has 0 spiro atoms. The van der Waals surface area contributed by atoms with Crippen LogP contribution < -0.4 is 16.6 Å². The molecule has 1 saturated heterocycles. The number of aliphatic hydroxyl groups is 1. The lowest BCUT2D eigenvalue weighted by Crippen LogP contribution is -2.21. The predicted molar refractivity (Wildman–Crippen MR) is 57.8 cm³/mol. The highest BCUT2D eigenvalue weighted by atomic mass is 32.2. The molecule has 0 radical (unpaired) electrons. The topological polar surface area (TPSA) is 104 Å². The van der Waals surface area contributed by atoms with E-state index < -0.39 is 6.10 Å². The van der Waals surface area contributed by atoms with Crippen LogP contribution in [-0.2, 0) is 0 Å². The Bertz CT molecular complexity index is 408. The summed E-state index contributed by atoms with van der Waals surface area (Å²) >= 11 is 1.33. The van der Waals surface area contributed by atoms with Gasteiger partial charge in [0.2, 0.25) is 0 Å². The van der Waals surface area contributed by atoms with Crippen molar-refractivity contribution in [3.63, 3.8) is 0 Å². The largest absolute Gasteiger partial charge is 0.391 e. The zero-order valence-electron chi connectivity index (χ0n) is 7.93. The maximum absolute atomic E-state index is 11.1. The van der Waals surface area contributed by atoms with Gasteiger partial charge in [-0.05, 0) is 0 Å². The van der Waals surface area contributed by atoms with E-state index in [2.05, 4.69) is 15.3 Å². The maximum Gasteiger partial charge on any atom is 0.253 e. The first-order valence-electron chi connectivity index (χ1n) is 4.57. The molecule has 1 aromatic rings. The van der Waals surface area contributed by atoms with Gasteiger partial charge in [0.15, 0.2) is 5.16 Å². The molecular weight excluding hydrogens is 216 g/mol. The second kappa shape index (κ2) is 4.21. The van der Waals surface area contributed by atoms with E-state index >= 15 is 0 Å². The van der Waals surface area contributed by atoms with E-state index in [4.69, 9.17) is 5.73 Å². The van der Waals surface area contributed by atoms with Crippen molar-refractivity contribution in [1.82, 2.24) is 15.3 Å². The summed E-state index contributed by atoms with van der Waals surface area (Å²) in [6, 6.07) is 1.23. The number of aromatic amines is 1. The number of aliphatic hydroxyl groups excluding tert-OH is 1. The van der Waals surface area contributed by atoms with Gasteiger partial charge in [-0.2, -0.15) is 0 Å². The SMILES string of the molecule is Nc1cc(=O)[nH]c(SC2CNCC2O)n1. The fourth-order valence-electron chi connectivity index (χ4n) is 1.41. The van der Waals surface area contributed by atoms with Gasteiger partial charge in [-0.25, -0.2) is 4.98 Å². The van der Waals surface area contributed by atoms with E-state index in [1.54, 1.807) is 0 Å². The number of β-amino-alcohol motifs (C(OH)–C–C–N with tert-alkyl or cyclic N) is 1. The number of anilines is 1. The van der Waals surface area contributed by atoms with Crippen LogP contribution >= 0.6 is 11.8 Å². The van der Waals surface area contributed by atoms with Gasteiger partial charge in [-0.3, -0.25) is 4.79 Å². The average molecular weight is 228 g/mol. The molecule has 2 unspecified atom stereocenters. The lowest BCUT2D eigenvalue weighted by molar-refractivity contribution is 0.201. The first-order valence-corrected chi connectivity index (χ1v) is 5.45. The van der Waals surface area contributed by atoms with Crippen molar-refractivity contribution in [3.05, 3.63) is 16.4 Å². The summed E-state index contributed by atoms with van der Waals surface area (Å²) < 4.78 is 0. The van der Waals surface area contributed by atoms with Gasteiger partial charge in [0.05, 0.1) is 11.4 Å². The highest BCUT2D eigenvalue weighted by Gasteiger charge is 2.26. The van der Waals surface area contributed by atoms with Gasteiger partial charge < -0.3 is 21.1 Å². The minimum absolute atomic E-state index is 0.00921. The predicted octanol–water partition coefficient (Wildman–Crippen LogP) is -1.22. The van der Waals surface area contributed by atoms with Crippen molar-refractivity contribution < 1.29 is 5.11 Å². The number of hydrogen-bond acceptors (Lipinski definition) is 6. The van der Waals surface area contributed by atoms with E-state index in [9.17, 15) is 9.90 Å². The number of nitrogens with one attached hydrogen (secondary N) is 2. The summed E-state index contributed by atoms with van der Waals surface area (Å²) in [6.07, 6.45) is -0.415. The quantitative estimate of drug-likeness (QED) is 0.473. The van der Waals surface area contributed by atoms with Crippen molar-refractivity contribution in [1.29, 1.82) is 0 Å². The van der Waals surface area contributed by atoms with E-state index in [0.717, 1.165) is 0 Å². The van der Waals surface area contributed by atoms with Gasteiger partial charge >= 0.3 is 0 Å². The van der Waals surface area contributed by atoms with Crippen LogP contribution in [-0.4, -0.2) is 39.5 Å². The summed E-state index contributed by atoms with van der Waals surface area (Å²) in [5.41, 5.74) is 5.17. The number of aromatic nitrogens is 2. The number of H-pyrrole nitrogens is 1. The van der Waals surface area contributed by atoms with Crippen molar-refractivity contribution in [3.8, 4) is 0 Å². The van der Waals surface area contributed by atoms with E-state index in [1.807, 2.05) is 0 Å². The molecule has 2 rings (SSSR count). The first-order chi connectivity index (χ1) is 7.15. The highest BCUT2D eigenvalue weighted by Crippen LogP contribution is 2.23. The Balaban J connectivity index is 2.13. The fourth-order valence-corrected chi connectivity index (χ4v) is 2.47. The molecule has 7 heteroatoms. The number of nitrogens with zero attached hydrogens (tertiary/aromatic N) is 1. The third kappa shape index (κ3) is 2.49. The number of nitrogens with two attached hydrogens (primary N) is 1. The van der Waals surface area contributed by atoms with Gasteiger partial charge in [0.1, 0.15) is 5.82 Å². The second-order valence-corrected chi connectivity index (χ2v) is 4.59. The Morgan fingerprint density at radius 2 is 2.40 bits per heavy atom.